The van der Waals surface area contributed by atoms with Gasteiger partial charge in [0.2, 0.25) is 0 Å². The average molecular weight is 277 g/mol. The lowest BCUT2D eigenvalue weighted by atomic mass is 10.2. The number of anilines is 1. The fourth-order valence-corrected chi connectivity index (χ4v) is 2.60. The second-order valence-corrected chi connectivity index (χ2v) is 5.13. The van der Waals surface area contributed by atoms with Gasteiger partial charge < -0.3 is 5.32 Å². The predicted molar refractivity (Wildman–Crippen MR) is 77.7 cm³/mol. The van der Waals surface area contributed by atoms with Crippen molar-refractivity contribution in [2.24, 2.45) is 0 Å². The molecule has 0 atom stereocenters. The molecule has 0 amide bonds. The van der Waals surface area contributed by atoms with E-state index in [-0.39, 0.29) is 10.6 Å². The summed E-state index contributed by atoms with van der Waals surface area (Å²) in [7, 11) is 0. The van der Waals surface area contributed by atoms with Crippen molar-refractivity contribution in [2.45, 2.75) is 20.3 Å². The van der Waals surface area contributed by atoms with Crippen LogP contribution in [0.15, 0.2) is 23.6 Å². The number of thiophene rings is 1. The maximum atomic E-state index is 11.0. The van der Waals surface area contributed by atoms with Gasteiger partial charge in [-0.05, 0) is 30.4 Å². The Morgan fingerprint density at radius 2 is 2.26 bits per heavy atom. The number of rotatable bonds is 5. The van der Waals surface area contributed by atoms with Crippen LogP contribution < -0.4 is 5.32 Å². The highest BCUT2D eigenvalue weighted by atomic mass is 32.1. The zero-order valence-corrected chi connectivity index (χ0v) is 11.7. The number of aromatic nitrogens is 1. The Labute approximate surface area is 115 Å². The van der Waals surface area contributed by atoms with Crippen LogP contribution in [0.3, 0.4) is 0 Å². The van der Waals surface area contributed by atoms with E-state index in [2.05, 4.69) is 10.3 Å². The number of hydrogen-bond donors (Lipinski definition) is 1. The van der Waals surface area contributed by atoms with E-state index < -0.39 is 0 Å². The summed E-state index contributed by atoms with van der Waals surface area (Å²) >= 11 is 1.54. The molecule has 0 radical (unpaired) electrons. The summed E-state index contributed by atoms with van der Waals surface area (Å²) in [5.74, 6) is 0.554. The van der Waals surface area contributed by atoms with Crippen LogP contribution in [-0.4, -0.2) is 16.5 Å². The Hall–Kier alpha value is -1.95. The SMILES string of the molecule is CCCNc1cc([N+](=O)[O-])cc(-c2sccc2C)n1. The maximum absolute atomic E-state index is 11.0. The van der Waals surface area contributed by atoms with Gasteiger partial charge in [-0.2, -0.15) is 0 Å². The van der Waals surface area contributed by atoms with Crippen molar-refractivity contribution in [1.29, 1.82) is 0 Å². The van der Waals surface area contributed by atoms with Gasteiger partial charge in [-0.15, -0.1) is 11.3 Å². The molecule has 0 unspecified atom stereocenters. The van der Waals surface area contributed by atoms with E-state index in [9.17, 15) is 10.1 Å². The molecule has 0 fully saturated rings. The summed E-state index contributed by atoms with van der Waals surface area (Å²) in [6.45, 7) is 4.76. The first-order valence-electron chi connectivity index (χ1n) is 6.06. The van der Waals surface area contributed by atoms with Crippen molar-refractivity contribution in [3.63, 3.8) is 0 Å². The standard InChI is InChI=1S/C13H15N3O2S/c1-3-5-14-12-8-10(16(17)18)7-11(15-12)13-9(2)4-6-19-13/h4,6-8H,3,5H2,1-2H3,(H,14,15). The predicted octanol–water partition coefficient (Wildman–Crippen LogP) is 3.85. The van der Waals surface area contributed by atoms with E-state index >= 15 is 0 Å². The zero-order chi connectivity index (χ0) is 13.8. The zero-order valence-electron chi connectivity index (χ0n) is 10.8. The molecule has 0 aliphatic rings. The van der Waals surface area contributed by atoms with Gasteiger partial charge in [0.25, 0.3) is 5.69 Å². The molecule has 2 aromatic rings. The van der Waals surface area contributed by atoms with Gasteiger partial charge in [0.05, 0.1) is 21.6 Å². The minimum Gasteiger partial charge on any atom is -0.370 e. The van der Waals surface area contributed by atoms with E-state index in [1.807, 2.05) is 25.3 Å². The molecule has 2 aromatic heterocycles. The van der Waals surface area contributed by atoms with Gasteiger partial charge in [-0.25, -0.2) is 4.98 Å². The number of hydrogen-bond acceptors (Lipinski definition) is 5. The molecule has 0 aliphatic heterocycles. The molecular formula is C13H15N3O2S. The molecule has 5 nitrogen and oxygen atoms in total. The van der Waals surface area contributed by atoms with Crippen LogP contribution in [-0.2, 0) is 0 Å². The first-order chi connectivity index (χ1) is 9.11. The third-order valence-electron chi connectivity index (χ3n) is 2.67. The number of nitrogens with zero attached hydrogens (tertiary/aromatic N) is 2. The topological polar surface area (TPSA) is 68.1 Å². The molecule has 19 heavy (non-hydrogen) atoms. The van der Waals surface area contributed by atoms with E-state index in [0.29, 0.717) is 11.5 Å². The number of nitro groups is 1. The van der Waals surface area contributed by atoms with Crippen molar-refractivity contribution in [1.82, 2.24) is 4.98 Å². The molecule has 0 saturated carbocycles. The monoisotopic (exact) mass is 277 g/mol. The lowest BCUT2D eigenvalue weighted by Gasteiger charge is -2.06. The van der Waals surface area contributed by atoms with Gasteiger partial charge in [0, 0.05) is 12.6 Å². The molecule has 100 valence electrons. The number of nitrogens with one attached hydrogen (secondary N) is 1. The average Bonchev–Trinajstić information content (AvgIpc) is 2.82. The van der Waals surface area contributed by atoms with Gasteiger partial charge >= 0.3 is 0 Å². The molecular weight excluding hydrogens is 262 g/mol. The molecule has 0 saturated heterocycles. The van der Waals surface area contributed by atoms with Crippen molar-refractivity contribution >= 4 is 22.8 Å². The molecule has 1 N–H and O–H groups in total. The second kappa shape index (κ2) is 5.79. The molecule has 0 aliphatic carbocycles. The van der Waals surface area contributed by atoms with Gasteiger partial charge in [-0.3, -0.25) is 10.1 Å². The van der Waals surface area contributed by atoms with Gasteiger partial charge in [-0.1, -0.05) is 6.92 Å². The summed E-state index contributed by atoms with van der Waals surface area (Å²) in [4.78, 5) is 16.0. The third kappa shape index (κ3) is 3.08. The normalized spacial score (nSPS) is 10.4. The Kier molecular flexibility index (Phi) is 4.11. The first-order valence-corrected chi connectivity index (χ1v) is 6.94. The minimum atomic E-state index is -0.384. The summed E-state index contributed by atoms with van der Waals surface area (Å²) in [5.41, 5.74) is 1.80. The minimum absolute atomic E-state index is 0.0661. The summed E-state index contributed by atoms with van der Waals surface area (Å²) < 4.78 is 0. The maximum Gasteiger partial charge on any atom is 0.275 e. The van der Waals surface area contributed by atoms with E-state index in [1.54, 1.807) is 11.3 Å². The quantitative estimate of drug-likeness (QED) is 0.665. The molecule has 0 bridgehead atoms. The van der Waals surface area contributed by atoms with Gasteiger partial charge in [0.15, 0.2) is 0 Å². The third-order valence-corrected chi connectivity index (χ3v) is 3.71. The fraction of sp³-hybridized carbons (Fsp3) is 0.308. The summed E-state index contributed by atoms with van der Waals surface area (Å²) in [6, 6.07) is 4.98. The van der Waals surface area contributed by atoms with E-state index in [0.717, 1.165) is 23.4 Å². The van der Waals surface area contributed by atoms with Crippen LogP contribution in [0.4, 0.5) is 11.5 Å². The number of pyridine rings is 1. The molecule has 2 heterocycles. The molecule has 0 spiro atoms. The van der Waals surface area contributed by atoms with Crippen LogP contribution in [0.5, 0.6) is 0 Å². The first kappa shape index (κ1) is 13.5. The Bertz CT molecular complexity index is 595. The number of aryl methyl sites for hydroxylation is 1. The van der Waals surface area contributed by atoms with Crippen LogP contribution in [0, 0.1) is 17.0 Å². The molecule has 6 heteroatoms. The van der Waals surface area contributed by atoms with Crippen molar-refractivity contribution < 1.29 is 4.92 Å². The largest absolute Gasteiger partial charge is 0.370 e. The van der Waals surface area contributed by atoms with Crippen molar-refractivity contribution in [3.8, 4) is 10.6 Å². The Balaban J connectivity index is 2.45. The highest BCUT2D eigenvalue weighted by Gasteiger charge is 2.14. The summed E-state index contributed by atoms with van der Waals surface area (Å²) in [5, 5.41) is 16.1. The smallest absolute Gasteiger partial charge is 0.275 e. The highest BCUT2D eigenvalue weighted by molar-refractivity contribution is 7.13. The van der Waals surface area contributed by atoms with Crippen LogP contribution >= 0.6 is 11.3 Å². The lowest BCUT2D eigenvalue weighted by molar-refractivity contribution is -0.384. The second-order valence-electron chi connectivity index (χ2n) is 4.21. The summed E-state index contributed by atoms with van der Waals surface area (Å²) in [6.07, 6.45) is 0.942. The Morgan fingerprint density at radius 1 is 1.47 bits per heavy atom. The highest BCUT2D eigenvalue weighted by Crippen LogP contribution is 2.31. The van der Waals surface area contributed by atoms with Gasteiger partial charge in [0.1, 0.15) is 5.82 Å². The van der Waals surface area contributed by atoms with Crippen molar-refractivity contribution in [3.05, 3.63) is 39.3 Å². The Morgan fingerprint density at radius 3 is 2.84 bits per heavy atom. The van der Waals surface area contributed by atoms with E-state index in [4.69, 9.17) is 0 Å². The fourth-order valence-electron chi connectivity index (χ4n) is 1.72. The van der Waals surface area contributed by atoms with Crippen LogP contribution in [0.1, 0.15) is 18.9 Å². The van der Waals surface area contributed by atoms with Crippen LogP contribution in [0.25, 0.3) is 10.6 Å². The van der Waals surface area contributed by atoms with E-state index in [1.165, 1.54) is 12.1 Å². The van der Waals surface area contributed by atoms with Crippen LogP contribution in [0.2, 0.25) is 0 Å². The molecule has 0 aromatic carbocycles. The lowest BCUT2D eigenvalue weighted by Crippen LogP contribution is -2.03. The molecule has 2 rings (SSSR count). The van der Waals surface area contributed by atoms with Crippen molar-refractivity contribution in [2.75, 3.05) is 11.9 Å².